The lowest BCUT2D eigenvalue weighted by atomic mass is 10.1. The maximum absolute atomic E-state index is 6.55. The molecule has 0 amide bonds. The minimum Gasteiger partial charge on any atom is -0.221 e. The number of alkyl halides is 1. The summed E-state index contributed by atoms with van der Waals surface area (Å²) in [6.45, 7) is 10.6. The molecular weight excluding hydrogens is 303 g/mol. The maximum Gasteiger partial charge on any atom is 0.137 e. The Labute approximate surface area is 137 Å². The quantitative estimate of drug-likeness (QED) is 0.689. The third kappa shape index (κ3) is 3.27. The minimum atomic E-state index is 0.394. The second kappa shape index (κ2) is 6.41. The van der Waals surface area contributed by atoms with Gasteiger partial charge in [0, 0.05) is 5.56 Å². The van der Waals surface area contributed by atoms with Crippen LogP contribution in [0.3, 0.4) is 0 Å². The molecule has 2 nitrogen and oxygen atoms in total. The molecule has 0 aliphatic rings. The van der Waals surface area contributed by atoms with E-state index < -0.39 is 0 Å². The molecular formula is C17H22Cl2N2. The summed E-state index contributed by atoms with van der Waals surface area (Å²) in [5.74, 6) is 0.914. The molecule has 0 saturated carbocycles. The zero-order chi connectivity index (χ0) is 15.7. The molecule has 21 heavy (non-hydrogen) atoms. The van der Waals surface area contributed by atoms with Crippen molar-refractivity contribution < 1.29 is 0 Å². The van der Waals surface area contributed by atoms with E-state index in [4.69, 9.17) is 28.3 Å². The molecule has 1 heterocycles. The summed E-state index contributed by atoms with van der Waals surface area (Å²) in [5.41, 5.74) is 6.61. The Morgan fingerprint density at radius 2 is 1.71 bits per heavy atom. The molecule has 2 aromatic rings. The molecule has 0 bridgehead atoms. The third-order valence-electron chi connectivity index (χ3n) is 3.59. The van der Waals surface area contributed by atoms with E-state index in [1.54, 1.807) is 0 Å². The van der Waals surface area contributed by atoms with Gasteiger partial charge in [0.1, 0.15) is 5.15 Å². The lowest BCUT2D eigenvalue weighted by molar-refractivity contribution is 0.626. The normalized spacial score (nSPS) is 11.4. The van der Waals surface area contributed by atoms with Gasteiger partial charge in [0.25, 0.3) is 0 Å². The van der Waals surface area contributed by atoms with E-state index >= 15 is 0 Å². The van der Waals surface area contributed by atoms with Gasteiger partial charge in [-0.1, -0.05) is 43.1 Å². The zero-order valence-electron chi connectivity index (χ0n) is 13.3. The monoisotopic (exact) mass is 324 g/mol. The number of hydrogen-bond acceptors (Lipinski definition) is 1. The molecule has 2 rings (SSSR count). The maximum atomic E-state index is 6.55. The topological polar surface area (TPSA) is 17.8 Å². The van der Waals surface area contributed by atoms with Gasteiger partial charge >= 0.3 is 0 Å². The van der Waals surface area contributed by atoms with Gasteiger partial charge in [0.05, 0.1) is 17.3 Å². The van der Waals surface area contributed by atoms with Crippen LogP contribution in [0, 0.1) is 26.7 Å². The van der Waals surface area contributed by atoms with Gasteiger partial charge in [-0.25, -0.2) is 4.68 Å². The predicted molar refractivity (Wildman–Crippen MR) is 90.9 cm³/mol. The van der Waals surface area contributed by atoms with E-state index in [1.807, 2.05) is 4.68 Å². The molecule has 0 fully saturated rings. The zero-order valence-corrected chi connectivity index (χ0v) is 14.8. The van der Waals surface area contributed by atoms with Crippen molar-refractivity contribution in [3.05, 3.63) is 45.2 Å². The molecule has 0 spiro atoms. The first-order chi connectivity index (χ1) is 9.85. The van der Waals surface area contributed by atoms with E-state index in [0.29, 0.717) is 17.0 Å². The summed E-state index contributed by atoms with van der Waals surface area (Å²) < 4.78 is 1.85. The Morgan fingerprint density at radius 1 is 1.14 bits per heavy atom. The number of rotatable bonds is 4. The third-order valence-corrected chi connectivity index (χ3v) is 4.24. The molecule has 0 unspecified atom stereocenters. The Bertz CT molecular complexity index is 634. The fourth-order valence-electron chi connectivity index (χ4n) is 2.81. The van der Waals surface area contributed by atoms with Gasteiger partial charge in [-0.3, -0.25) is 0 Å². The van der Waals surface area contributed by atoms with Crippen molar-refractivity contribution in [3.63, 3.8) is 0 Å². The highest BCUT2D eigenvalue weighted by Gasteiger charge is 2.19. The Hall–Kier alpha value is -0.990. The minimum absolute atomic E-state index is 0.394. The number of nitrogens with zero attached hydrogens (tertiary/aromatic N) is 2. The number of halogens is 2. The van der Waals surface area contributed by atoms with Crippen LogP contribution in [0.15, 0.2) is 12.1 Å². The molecule has 4 heteroatoms. The van der Waals surface area contributed by atoms with Crippen molar-refractivity contribution >= 4 is 23.2 Å². The van der Waals surface area contributed by atoms with Crippen molar-refractivity contribution in [2.24, 2.45) is 5.92 Å². The SMILES string of the molecule is Cc1cc(C)c(-n2nc(CC(C)C)c(CCl)c2Cl)c(C)c1. The first kappa shape index (κ1) is 16.4. The first-order valence-electron chi connectivity index (χ1n) is 7.25. The van der Waals surface area contributed by atoms with E-state index in [9.17, 15) is 0 Å². The highest BCUT2D eigenvalue weighted by molar-refractivity contribution is 6.31. The molecule has 0 aliphatic heterocycles. The van der Waals surface area contributed by atoms with Crippen LogP contribution in [0.25, 0.3) is 5.69 Å². The van der Waals surface area contributed by atoms with Gasteiger partial charge < -0.3 is 0 Å². The van der Waals surface area contributed by atoms with Crippen LogP contribution in [0.5, 0.6) is 0 Å². The van der Waals surface area contributed by atoms with E-state index in [2.05, 4.69) is 46.8 Å². The summed E-state index contributed by atoms with van der Waals surface area (Å²) in [5, 5.41) is 5.38. The van der Waals surface area contributed by atoms with Crippen molar-refractivity contribution in [2.75, 3.05) is 0 Å². The van der Waals surface area contributed by atoms with Gasteiger partial charge in [0.15, 0.2) is 0 Å². The van der Waals surface area contributed by atoms with Crippen molar-refractivity contribution in [1.29, 1.82) is 0 Å². The molecule has 0 aliphatic carbocycles. The summed E-state index contributed by atoms with van der Waals surface area (Å²) in [4.78, 5) is 0. The highest BCUT2D eigenvalue weighted by atomic mass is 35.5. The Kier molecular flexibility index (Phi) is 5.00. The standard InChI is InChI=1S/C17H22Cl2N2/c1-10(2)6-15-14(9-18)17(19)21(20-15)16-12(4)7-11(3)8-13(16)5/h7-8,10H,6,9H2,1-5H3. The van der Waals surface area contributed by atoms with Crippen molar-refractivity contribution in [3.8, 4) is 5.69 Å². The number of aryl methyl sites for hydroxylation is 3. The second-order valence-electron chi connectivity index (χ2n) is 6.11. The smallest absolute Gasteiger partial charge is 0.137 e. The molecule has 0 atom stereocenters. The van der Waals surface area contributed by atoms with Crippen LogP contribution in [0.1, 0.15) is 41.8 Å². The number of hydrogen-bond donors (Lipinski definition) is 0. The van der Waals surface area contributed by atoms with Gasteiger partial charge in [-0.2, -0.15) is 5.10 Å². The van der Waals surface area contributed by atoms with Crippen LogP contribution in [-0.2, 0) is 12.3 Å². The Balaban J connectivity index is 2.62. The Morgan fingerprint density at radius 3 is 2.19 bits per heavy atom. The van der Waals surface area contributed by atoms with Crippen molar-refractivity contribution in [2.45, 2.75) is 46.9 Å². The number of aromatic nitrogens is 2. The number of benzene rings is 1. The van der Waals surface area contributed by atoms with Crippen LogP contribution in [0.4, 0.5) is 0 Å². The van der Waals surface area contributed by atoms with Gasteiger partial charge in [0.2, 0.25) is 0 Å². The summed E-state index contributed by atoms with van der Waals surface area (Å²) in [7, 11) is 0. The average Bonchev–Trinajstić information content (AvgIpc) is 2.64. The van der Waals surface area contributed by atoms with Crippen molar-refractivity contribution in [1.82, 2.24) is 9.78 Å². The first-order valence-corrected chi connectivity index (χ1v) is 8.16. The molecule has 0 radical (unpaired) electrons. The lowest BCUT2D eigenvalue weighted by Crippen LogP contribution is -2.04. The largest absolute Gasteiger partial charge is 0.221 e. The fourth-order valence-corrected chi connectivity index (χ4v) is 3.46. The molecule has 1 aromatic heterocycles. The summed E-state index contributed by atoms with van der Waals surface area (Å²) in [6, 6.07) is 4.31. The second-order valence-corrected chi connectivity index (χ2v) is 6.73. The van der Waals surface area contributed by atoms with E-state index in [1.165, 1.54) is 16.7 Å². The molecule has 1 aromatic carbocycles. The van der Waals surface area contributed by atoms with Crippen LogP contribution in [0.2, 0.25) is 5.15 Å². The lowest BCUT2D eigenvalue weighted by Gasteiger charge is -2.12. The van der Waals surface area contributed by atoms with Gasteiger partial charge in [-0.15, -0.1) is 11.6 Å². The average molecular weight is 325 g/mol. The molecule has 0 N–H and O–H groups in total. The predicted octanol–water partition coefficient (Wildman–Crippen LogP) is 5.39. The summed E-state index contributed by atoms with van der Waals surface area (Å²) >= 11 is 12.6. The molecule has 0 saturated heterocycles. The summed E-state index contributed by atoms with van der Waals surface area (Å²) in [6.07, 6.45) is 0.888. The molecule has 114 valence electrons. The van der Waals surface area contributed by atoms with E-state index in [-0.39, 0.29) is 0 Å². The highest BCUT2D eigenvalue weighted by Crippen LogP contribution is 2.30. The van der Waals surface area contributed by atoms with Gasteiger partial charge in [-0.05, 0) is 44.2 Å². The van der Waals surface area contributed by atoms with Crippen LogP contribution in [-0.4, -0.2) is 9.78 Å². The fraction of sp³-hybridized carbons (Fsp3) is 0.471. The van der Waals surface area contributed by atoms with Crippen LogP contribution < -0.4 is 0 Å². The van der Waals surface area contributed by atoms with Crippen LogP contribution >= 0.6 is 23.2 Å². The van der Waals surface area contributed by atoms with E-state index in [0.717, 1.165) is 23.4 Å².